The Morgan fingerprint density at radius 2 is 1.17 bits per heavy atom. The van der Waals surface area contributed by atoms with E-state index in [0.29, 0.717) is 19.1 Å². The van der Waals surface area contributed by atoms with E-state index in [0.717, 1.165) is 40.2 Å². The minimum atomic E-state index is -0.358. The van der Waals surface area contributed by atoms with Crippen molar-refractivity contribution in [3.63, 3.8) is 0 Å². The molecular weight excluding hydrogens is 432 g/mol. The quantitative estimate of drug-likeness (QED) is 0.164. The van der Waals surface area contributed by atoms with Gasteiger partial charge < -0.3 is 14.2 Å². The zero-order valence-electron chi connectivity index (χ0n) is 20.8. The van der Waals surface area contributed by atoms with E-state index in [4.69, 9.17) is 14.2 Å². The van der Waals surface area contributed by atoms with Crippen LogP contribution in [0.15, 0.2) is 103 Å². The normalized spacial score (nSPS) is 12.7. The van der Waals surface area contributed by atoms with Gasteiger partial charge in [-0.3, -0.25) is 0 Å². The second-order valence-electron chi connectivity index (χ2n) is 8.76. The summed E-state index contributed by atoms with van der Waals surface area (Å²) in [6.07, 6.45) is 0.768. The minimum Gasteiger partial charge on any atom is -0.491 e. The van der Waals surface area contributed by atoms with Crippen molar-refractivity contribution in [1.29, 1.82) is 0 Å². The number of benzene rings is 4. The van der Waals surface area contributed by atoms with Crippen molar-refractivity contribution in [1.82, 2.24) is 0 Å². The number of ether oxygens (including phenoxy) is 3. The maximum Gasteiger partial charge on any atom is 0.197 e. The van der Waals surface area contributed by atoms with Gasteiger partial charge in [0, 0.05) is 0 Å². The number of rotatable bonds is 11. The van der Waals surface area contributed by atoms with Crippen LogP contribution in [-0.4, -0.2) is 19.5 Å². The molecule has 0 aliphatic carbocycles. The van der Waals surface area contributed by atoms with Crippen LogP contribution in [0, 0.1) is 0 Å². The summed E-state index contributed by atoms with van der Waals surface area (Å²) in [5.41, 5.74) is 5.90. The smallest absolute Gasteiger partial charge is 0.197 e. The van der Waals surface area contributed by atoms with Crippen molar-refractivity contribution in [2.75, 3.05) is 13.2 Å². The Kier molecular flexibility index (Phi) is 8.58. The second kappa shape index (κ2) is 12.2. The third-order valence-electron chi connectivity index (χ3n) is 6.19. The molecule has 3 nitrogen and oxygen atoms in total. The minimum absolute atomic E-state index is 0.358. The van der Waals surface area contributed by atoms with Gasteiger partial charge in [-0.25, -0.2) is 0 Å². The Morgan fingerprint density at radius 3 is 1.71 bits per heavy atom. The first-order valence-electron chi connectivity index (χ1n) is 12.4. The van der Waals surface area contributed by atoms with Crippen LogP contribution in [0.4, 0.5) is 0 Å². The summed E-state index contributed by atoms with van der Waals surface area (Å²) >= 11 is 0. The van der Waals surface area contributed by atoms with Crippen LogP contribution in [0.1, 0.15) is 38.7 Å². The van der Waals surface area contributed by atoms with Crippen molar-refractivity contribution in [2.45, 2.75) is 39.4 Å². The van der Waals surface area contributed by atoms with E-state index in [2.05, 4.69) is 92.7 Å². The largest absolute Gasteiger partial charge is 0.491 e. The van der Waals surface area contributed by atoms with Gasteiger partial charge in [-0.15, -0.1) is 0 Å². The molecule has 0 aromatic heterocycles. The zero-order chi connectivity index (χ0) is 24.5. The summed E-state index contributed by atoms with van der Waals surface area (Å²) in [4.78, 5) is 0. The monoisotopic (exact) mass is 466 g/mol. The molecule has 0 radical (unpaired) electrons. The Labute approximate surface area is 209 Å². The summed E-state index contributed by atoms with van der Waals surface area (Å²) in [6.45, 7) is 7.22. The van der Waals surface area contributed by atoms with Crippen molar-refractivity contribution in [3.8, 4) is 33.8 Å². The molecule has 0 heterocycles. The molecule has 4 aromatic rings. The first kappa shape index (κ1) is 24.6. The molecule has 2 atom stereocenters. The van der Waals surface area contributed by atoms with Crippen LogP contribution in [0.5, 0.6) is 11.5 Å². The van der Waals surface area contributed by atoms with Crippen molar-refractivity contribution in [2.24, 2.45) is 0 Å². The molecule has 0 aliphatic rings. The maximum absolute atomic E-state index is 6.10. The third-order valence-corrected chi connectivity index (χ3v) is 6.19. The predicted octanol–water partition coefficient (Wildman–Crippen LogP) is 8.35. The fourth-order valence-corrected chi connectivity index (χ4v) is 3.99. The van der Waals surface area contributed by atoms with Crippen LogP contribution in [0.3, 0.4) is 0 Å². The predicted molar refractivity (Wildman–Crippen MR) is 144 cm³/mol. The standard InChI is InChI=1S/C32H34O3/c1-4-24(2)26-15-17-31(18-16-26)35-25(3)33-19-20-34-32-22-29(27-11-7-5-8-12-27)21-30(23-32)28-13-9-6-10-14-28/h5-18,21-25H,4,19-20H2,1-3H3. The van der Waals surface area contributed by atoms with Crippen LogP contribution in [0.2, 0.25) is 0 Å². The number of hydrogen-bond donors (Lipinski definition) is 0. The molecule has 0 aliphatic heterocycles. The third kappa shape index (κ3) is 6.97. The summed E-state index contributed by atoms with van der Waals surface area (Å²) in [5, 5.41) is 0. The molecule has 4 rings (SSSR count). The average molecular weight is 467 g/mol. The molecule has 0 amide bonds. The highest BCUT2D eigenvalue weighted by atomic mass is 16.7. The molecule has 0 fully saturated rings. The molecular formula is C32H34O3. The van der Waals surface area contributed by atoms with E-state index in [-0.39, 0.29) is 6.29 Å². The topological polar surface area (TPSA) is 27.7 Å². The highest BCUT2D eigenvalue weighted by molar-refractivity contribution is 5.75. The van der Waals surface area contributed by atoms with E-state index < -0.39 is 0 Å². The van der Waals surface area contributed by atoms with Crippen molar-refractivity contribution in [3.05, 3.63) is 109 Å². The molecule has 4 aromatic carbocycles. The van der Waals surface area contributed by atoms with Gasteiger partial charge in [0.05, 0.1) is 6.61 Å². The Hall–Kier alpha value is -3.56. The molecule has 0 saturated heterocycles. The molecule has 0 spiro atoms. The van der Waals surface area contributed by atoms with E-state index in [1.807, 2.05) is 31.2 Å². The Bertz CT molecular complexity index is 1110. The van der Waals surface area contributed by atoms with Gasteiger partial charge in [-0.1, -0.05) is 86.6 Å². The Morgan fingerprint density at radius 1 is 0.600 bits per heavy atom. The van der Waals surface area contributed by atoms with Crippen molar-refractivity contribution < 1.29 is 14.2 Å². The molecule has 35 heavy (non-hydrogen) atoms. The Balaban J connectivity index is 1.36. The first-order chi connectivity index (χ1) is 17.1. The fourth-order valence-electron chi connectivity index (χ4n) is 3.99. The number of hydrogen-bond acceptors (Lipinski definition) is 3. The lowest BCUT2D eigenvalue weighted by molar-refractivity contribution is -0.0739. The first-order valence-corrected chi connectivity index (χ1v) is 12.4. The van der Waals surface area contributed by atoms with E-state index in [1.54, 1.807) is 0 Å². The van der Waals surface area contributed by atoms with Gasteiger partial charge >= 0.3 is 0 Å². The molecule has 0 N–H and O–H groups in total. The van der Waals surface area contributed by atoms with E-state index in [1.165, 1.54) is 5.56 Å². The lowest BCUT2D eigenvalue weighted by Gasteiger charge is -2.17. The van der Waals surface area contributed by atoms with Gasteiger partial charge in [0.15, 0.2) is 6.29 Å². The summed E-state index contributed by atoms with van der Waals surface area (Å²) < 4.78 is 17.9. The van der Waals surface area contributed by atoms with Crippen LogP contribution in [0.25, 0.3) is 22.3 Å². The zero-order valence-corrected chi connectivity index (χ0v) is 20.8. The van der Waals surface area contributed by atoms with Gasteiger partial charge in [-0.05, 0) is 77.4 Å². The van der Waals surface area contributed by atoms with E-state index in [9.17, 15) is 0 Å². The van der Waals surface area contributed by atoms with Gasteiger partial charge in [0.1, 0.15) is 18.1 Å². The summed E-state index contributed by atoms with van der Waals surface area (Å²) in [7, 11) is 0. The summed E-state index contributed by atoms with van der Waals surface area (Å²) in [6, 6.07) is 35.4. The lowest BCUT2D eigenvalue weighted by atomic mass is 9.98. The lowest BCUT2D eigenvalue weighted by Crippen LogP contribution is -2.19. The van der Waals surface area contributed by atoms with Gasteiger partial charge in [-0.2, -0.15) is 0 Å². The molecule has 0 saturated carbocycles. The summed E-state index contributed by atoms with van der Waals surface area (Å²) in [5.74, 6) is 2.19. The second-order valence-corrected chi connectivity index (χ2v) is 8.76. The average Bonchev–Trinajstić information content (AvgIpc) is 2.92. The van der Waals surface area contributed by atoms with Gasteiger partial charge in [0.2, 0.25) is 0 Å². The van der Waals surface area contributed by atoms with Gasteiger partial charge in [0.25, 0.3) is 0 Å². The van der Waals surface area contributed by atoms with Crippen LogP contribution >= 0.6 is 0 Å². The van der Waals surface area contributed by atoms with Crippen LogP contribution in [-0.2, 0) is 4.74 Å². The SMILES string of the molecule is CCC(C)c1ccc(OC(C)OCCOc2cc(-c3ccccc3)cc(-c3ccccc3)c2)cc1. The van der Waals surface area contributed by atoms with Crippen molar-refractivity contribution >= 4 is 0 Å². The highest BCUT2D eigenvalue weighted by Crippen LogP contribution is 2.31. The van der Waals surface area contributed by atoms with Crippen LogP contribution < -0.4 is 9.47 Å². The molecule has 3 heteroatoms. The molecule has 0 bridgehead atoms. The van der Waals surface area contributed by atoms with E-state index >= 15 is 0 Å². The maximum atomic E-state index is 6.10. The fraction of sp³-hybridized carbons (Fsp3) is 0.250. The highest BCUT2D eigenvalue weighted by Gasteiger charge is 2.09. The molecule has 2 unspecified atom stereocenters. The molecule has 180 valence electrons.